The molecule has 0 amide bonds. The number of phosphoric acid groups is 1. The van der Waals surface area contributed by atoms with Crippen molar-refractivity contribution in [2.24, 2.45) is 17.8 Å². The van der Waals surface area contributed by atoms with Gasteiger partial charge in [0.2, 0.25) is 13.6 Å². The van der Waals surface area contributed by atoms with Crippen LogP contribution in [0.4, 0.5) is 9.59 Å². The van der Waals surface area contributed by atoms with Gasteiger partial charge in [0, 0.05) is 12.0 Å². The summed E-state index contributed by atoms with van der Waals surface area (Å²) in [5, 5.41) is 0. The minimum atomic E-state index is -4.33. The fourth-order valence-electron chi connectivity index (χ4n) is 6.73. The van der Waals surface area contributed by atoms with Crippen LogP contribution < -0.4 is 9.47 Å². The van der Waals surface area contributed by atoms with E-state index in [1.54, 1.807) is 27.7 Å². The first kappa shape index (κ1) is 48.6. The number of fused-ring (bicyclic) bond motifs is 1. The fraction of sp³-hybridized carbons (Fsp3) is 0.810. The Kier molecular flexibility index (Phi) is 21.5. The molecule has 1 heterocycles. The van der Waals surface area contributed by atoms with E-state index in [0.29, 0.717) is 6.42 Å². The quantitative estimate of drug-likeness (QED) is 0.0382. The topological polar surface area (TPSA) is 134 Å². The average Bonchev–Trinajstić information content (AvgIpc) is 3.07. The van der Waals surface area contributed by atoms with E-state index in [1.165, 1.54) is 50.5 Å². The van der Waals surface area contributed by atoms with E-state index >= 15 is 0 Å². The molecular formula is C42H73O12P. The summed E-state index contributed by atoms with van der Waals surface area (Å²) >= 11 is 0. The number of rotatable bonds is 26. The maximum atomic E-state index is 13.2. The van der Waals surface area contributed by atoms with Crippen molar-refractivity contribution in [1.82, 2.24) is 0 Å². The number of carbonyl (C=O) groups is 2. The lowest BCUT2D eigenvalue weighted by molar-refractivity contribution is -0.0456. The molecule has 0 unspecified atom stereocenters. The average molecular weight is 801 g/mol. The van der Waals surface area contributed by atoms with Crippen LogP contribution in [0.25, 0.3) is 0 Å². The van der Waals surface area contributed by atoms with Crippen LogP contribution in [0.1, 0.15) is 155 Å². The van der Waals surface area contributed by atoms with Crippen LogP contribution in [-0.2, 0) is 43.5 Å². The van der Waals surface area contributed by atoms with Crippen LogP contribution in [0, 0.1) is 38.5 Å². The Hall–Kier alpha value is -2.53. The molecule has 0 saturated carbocycles. The molecule has 2 rings (SSSR count). The number of hydrogen-bond acceptors (Lipinski definition) is 12. The van der Waals surface area contributed by atoms with Gasteiger partial charge in [-0.15, -0.1) is 0 Å². The third-order valence-corrected chi connectivity index (χ3v) is 11.4. The lowest BCUT2D eigenvalue weighted by atomic mass is 9.83. The smallest absolute Gasteiger partial charge is 0.493 e. The van der Waals surface area contributed by atoms with Gasteiger partial charge < -0.3 is 28.4 Å². The summed E-state index contributed by atoms with van der Waals surface area (Å²) in [6.45, 7) is 23.1. The summed E-state index contributed by atoms with van der Waals surface area (Å²) in [7, 11) is -4.33. The number of carbonyl (C=O) groups excluding carboxylic acids is 2. The molecule has 55 heavy (non-hydrogen) atoms. The second-order valence-corrected chi connectivity index (χ2v) is 18.2. The molecule has 13 heteroatoms. The van der Waals surface area contributed by atoms with Gasteiger partial charge in [-0.1, -0.05) is 72.6 Å². The third-order valence-electron chi connectivity index (χ3n) is 10.1. The molecule has 0 radical (unpaired) electrons. The first-order valence-corrected chi connectivity index (χ1v) is 22.0. The van der Waals surface area contributed by atoms with Crippen LogP contribution >= 0.6 is 7.82 Å². The molecule has 1 aliphatic heterocycles. The number of benzene rings is 1. The Bertz CT molecular complexity index is 1330. The van der Waals surface area contributed by atoms with Crippen LogP contribution in [-0.4, -0.2) is 56.9 Å². The van der Waals surface area contributed by atoms with Crippen molar-refractivity contribution in [2.75, 3.05) is 26.8 Å². The first-order chi connectivity index (χ1) is 25.8. The van der Waals surface area contributed by atoms with Crippen molar-refractivity contribution in [3.8, 4) is 11.5 Å². The molecule has 1 aromatic carbocycles. The van der Waals surface area contributed by atoms with Crippen molar-refractivity contribution >= 4 is 20.1 Å². The molecular weight excluding hydrogens is 727 g/mol. The van der Waals surface area contributed by atoms with Gasteiger partial charge in [-0.05, 0) is 116 Å². The molecule has 0 aromatic heterocycles. The lowest BCUT2D eigenvalue weighted by Gasteiger charge is -2.38. The Morgan fingerprint density at radius 3 is 1.75 bits per heavy atom. The number of phosphoric ester groups is 1. The van der Waals surface area contributed by atoms with Crippen molar-refractivity contribution in [3.05, 3.63) is 22.3 Å². The summed E-state index contributed by atoms with van der Waals surface area (Å²) in [6.07, 6.45) is 10.8. The van der Waals surface area contributed by atoms with Gasteiger partial charge in [0.15, 0.2) is 0 Å². The zero-order valence-electron chi connectivity index (χ0n) is 36.0. The predicted octanol–water partition coefficient (Wildman–Crippen LogP) is 12.1. The third kappa shape index (κ3) is 18.5. The number of ether oxygens (including phenoxy) is 6. The van der Waals surface area contributed by atoms with Crippen LogP contribution in [0.5, 0.6) is 11.5 Å². The van der Waals surface area contributed by atoms with Gasteiger partial charge in [0.1, 0.15) is 17.1 Å². The minimum Gasteiger partial charge on any atom is -0.493 e. The highest BCUT2D eigenvalue weighted by Gasteiger charge is 2.35. The highest BCUT2D eigenvalue weighted by molar-refractivity contribution is 7.48. The van der Waals surface area contributed by atoms with E-state index in [4.69, 9.17) is 42.0 Å². The Balaban J connectivity index is 1.89. The maximum absolute atomic E-state index is 13.2. The van der Waals surface area contributed by atoms with E-state index in [-0.39, 0.29) is 18.8 Å². The fourth-order valence-corrected chi connectivity index (χ4v) is 7.67. The van der Waals surface area contributed by atoms with Gasteiger partial charge in [0.05, 0.1) is 25.4 Å². The normalized spacial score (nSPS) is 16.8. The minimum absolute atomic E-state index is 0.0934. The molecule has 3 atom stereocenters. The largest absolute Gasteiger partial charge is 0.510 e. The van der Waals surface area contributed by atoms with Crippen molar-refractivity contribution in [2.45, 2.75) is 178 Å². The maximum Gasteiger partial charge on any atom is 0.510 e. The monoisotopic (exact) mass is 800 g/mol. The Morgan fingerprint density at radius 2 is 1.22 bits per heavy atom. The van der Waals surface area contributed by atoms with Gasteiger partial charge in [-0.25, -0.2) is 23.2 Å². The standard InChI is InChI=1S/C42H73O12P/c1-29(2)17-13-18-32(7)19-14-20-33(8)21-15-23-42(12)24-22-37-36(11)38(34(9)35(10)39(37)54-42)46-25-16-26-49-55(45,50-27-47-40(43)52-30(3)4)51-28-48-41(44)53-31(5)6/h29-33H,13-28H2,1-12H3/t32-,33-,42-/m1/s1. The SMILES string of the molecule is Cc1c(C)c2c(c(C)c1OCCCOP(=O)(OCOC(=O)OC(C)C)OCOC(=O)OC(C)C)CC[C@@](C)(CCC[C@H](C)CCC[C@H](C)CCCC(C)C)O2. The van der Waals surface area contributed by atoms with Crippen LogP contribution in [0.2, 0.25) is 0 Å². The summed E-state index contributed by atoms with van der Waals surface area (Å²) in [4.78, 5) is 23.4. The number of hydrogen-bond donors (Lipinski definition) is 0. The van der Waals surface area contributed by atoms with Crippen molar-refractivity contribution in [3.63, 3.8) is 0 Å². The van der Waals surface area contributed by atoms with E-state index < -0.39 is 45.9 Å². The zero-order chi connectivity index (χ0) is 41.2. The van der Waals surface area contributed by atoms with E-state index in [1.807, 2.05) is 6.92 Å². The summed E-state index contributed by atoms with van der Waals surface area (Å²) < 4.78 is 61.3. The summed E-state index contributed by atoms with van der Waals surface area (Å²) in [5.74, 6) is 4.15. The highest BCUT2D eigenvalue weighted by atomic mass is 31.2. The molecule has 1 aliphatic rings. The molecule has 0 fully saturated rings. The van der Waals surface area contributed by atoms with Gasteiger partial charge >= 0.3 is 20.1 Å². The molecule has 0 spiro atoms. The van der Waals surface area contributed by atoms with E-state index in [2.05, 4.69) is 48.5 Å². The van der Waals surface area contributed by atoms with Crippen molar-refractivity contribution in [1.29, 1.82) is 0 Å². The van der Waals surface area contributed by atoms with Crippen molar-refractivity contribution < 1.29 is 56.1 Å². The van der Waals surface area contributed by atoms with E-state index in [9.17, 15) is 14.2 Å². The van der Waals surface area contributed by atoms with Crippen LogP contribution in [0.3, 0.4) is 0 Å². The van der Waals surface area contributed by atoms with E-state index in [0.717, 1.165) is 71.6 Å². The predicted molar refractivity (Wildman–Crippen MR) is 214 cm³/mol. The summed E-state index contributed by atoms with van der Waals surface area (Å²) in [5.41, 5.74) is 4.13. The molecule has 0 saturated heterocycles. The molecule has 1 aromatic rings. The zero-order valence-corrected chi connectivity index (χ0v) is 36.9. The Morgan fingerprint density at radius 1 is 0.691 bits per heavy atom. The van der Waals surface area contributed by atoms with Gasteiger partial charge in [0.25, 0.3) is 0 Å². The van der Waals surface area contributed by atoms with Crippen LogP contribution in [0.15, 0.2) is 0 Å². The molecule has 0 bridgehead atoms. The second kappa shape index (κ2) is 24.3. The second-order valence-electron chi connectivity index (χ2n) is 16.5. The highest BCUT2D eigenvalue weighted by Crippen LogP contribution is 2.50. The Labute approximate surface area is 331 Å². The van der Waals surface area contributed by atoms with Gasteiger partial charge in [-0.2, -0.15) is 0 Å². The first-order valence-electron chi connectivity index (χ1n) is 20.5. The molecule has 318 valence electrons. The molecule has 0 aliphatic carbocycles. The molecule has 0 N–H and O–H groups in total. The summed E-state index contributed by atoms with van der Waals surface area (Å²) in [6, 6.07) is 0. The molecule has 12 nitrogen and oxygen atoms in total. The van der Waals surface area contributed by atoms with Gasteiger partial charge in [-0.3, -0.25) is 4.52 Å². The lowest BCUT2D eigenvalue weighted by Crippen LogP contribution is -2.37.